The van der Waals surface area contributed by atoms with E-state index >= 15 is 0 Å². The Morgan fingerprint density at radius 1 is 0.938 bits per heavy atom. The molecule has 96 valence electrons. The van der Waals surface area contributed by atoms with Gasteiger partial charge in [-0.1, -0.05) is 0 Å². The maximum atomic E-state index is 9.75. The van der Waals surface area contributed by atoms with E-state index in [4.69, 9.17) is 10.2 Å². The Bertz CT molecular complexity index is 173. The Balaban J connectivity index is 0. The maximum absolute atomic E-state index is 9.75. The summed E-state index contributed by atoms with van der Waals surface area (Å²) in [5.74, 6) is 1.68. The van der Waals surface area contributed by atoms with E-state index in [2.05, 4.69) is 10.6 Å². The minimum atomic E-state index is -0.945. The minimum Gasteiger partial charge on any atom is -0.465 e. The van der Waals surface area contributed by atoms with Gasteiger partial charge in [0.15, 0.2) is 0 Å². The van der Waals surface area contributed by atoms with Crippen LogP contribution in [-0.4, -0.2) is 59.5 Å². The molecule has 2 amide bonds. The Hall–Kier alpha value is -0.760. The molecule has 0 radical (unpaired) electrons. The van der Waals surface area contributed by atoms with Gasteiger partial charge in [-0.25, -0.2) is 9.59 Å². The van der Waals surface area contributed by atoms with Crippen molar-refractivity contribution in [3.05, 3.63) is 0 Å². The molecule has 0 fully saturated rings. The molecule has 16 heavy (non-hydrogen) atoms. The van der Waals surface area contributed by atoms with Crippen molar-refractivity contribution >= 4 is 35.7 Å². The molecule has 0 saturated heterocycles. The zero-order chi connectivity index (χ0) is 12.8. The summed E-state index contributed by atoms with van der Waals surface area (Å²) in [5.41, 5.74) is 0. The van der Waals surface area contributed by atoms with Gasteiger partial charge in [-0.05, 0) is 12.5 Å². The molecule has 0 aliphatic carbocycles. The van der Waals surface area contributed by atoms with Gasteiger partial charge in [0.1, 0.15) is 0 Å². The fraction of sp³-hybridized carbons (Fsp3) is 0.750. The average Bonchev–Trinajstić information content (AvgIpc) is 2.18. The van der Waals surface area contributed by atoms with Gasteiger partial charge < -0.3 is 20.8 Å². The number of hydrogen-bond acceptors (Lipinski definition) is 4. The largest absolute Gasteiger partial charge is 0.465 e. The molecule has 0 atom stereocenters. The molecule has 8 heteroatoms. The summed E-state index contributed by atoms with van der Waals surface area (Å²) in [4.78, 5) is 19.5. The van der Waals surface area contributed by atoms with Crippen molar-refractivity contribution in [2.75, 3.05) is 37.1 Å². The van der Waals surface area contributed by atoms with Crippen LogP contribution in [0.15, 0.2) is 0 Å². The van der Waals surface area contributed by atoms with E-state index in [0.717, 1.165) is 11.5 Å². The Kier molecular flexibility index (Phi) is 15.7. The van der Waals surface area contributed by atoms with Crippen LogP contribution in [0.2, 0.25) is 0 Å². The Morgan fingerprint density at radius 2 is 1.25 bits per heavy atom. The normalized spacial score (nSPS) is 8.62. The summed E-state index contributed by atoms with van der Waals surface area (Å²) in [5, 5.41) is 20.5. The number of hydrogen-bond donors (Lipinski definition) is 4. The van der Waals surface area contributed by atoms with Crippen molar-refractivity contribution < 1.29 is 19.8 Å². The third-order valence-corrected chi connectivity index (χ3v) is 2.39. The summed E-state index contributed by atoms with van der Waals surface area (Å²) < 4.78 is 0. The van der Waals surface area contributed by atoms with Crippen molar-refractivity contribution in [2.45, 2.75) is 0 Å². The van der Waals surface area contributed by atoms with Crippen molar-refractivity contribution in [3.63, 3.8) is 0 Å². The molecule has 0 bridgehead atoms. The molecule has 0 heterocycles. The third kappa shape index (κ3) is 23.2. The first-order valence-corrected chi connectivity index (χ1v) is 7.24. The van der Waals surface area contributed by atoms with Crippen LogP contribution < -0.4 is 10.6 Å². The van der Waals surface area contributed by atoms with E-state index in [1.807, 2.05) is 12.5 Å². The summed E-state index contributed by atoms with van der Waals surface area (Å²) in [7, 11) is 0. The predicted octanol–water partition coefficient (Wildman–Crippen LogP) is 1.23. The van der Waals surface area contributed by atoms with Crippen LogP contribution in [-0.2, 0) is 0 Å². The predicted molar refractivity (Wildman–Crippen MR) is 68.8 cm³/mol. The lowest BCUT2D eigenvalue weighted by Crippen LogP contribution is -2.23. The zero-order valence-electron chi connectivity index (χ0n) is 9.36. The van der Waals surface area contributed by atoms with Crippen molar-refractivity contribution in [3.8, 4) is 0 Å². The highest BCUT2D eigenvalue weighted by atomic mass is 32.2. The fourth-order valence-corrected chi connectivity index (χ4v) is 1.13. The maximum Gasteiger partial charge on any atom is 0.404 e. The van der Waals surface area contributed by atoms with Gasteiger partial charge in [0.25, 0.3) is 0 Å². The van der Waals surface area contributed by atoms with Crippen LogP contribution >= 0.6 is 23.5 Å². The molecular formula is C8H18N2O4S2. The summed E-state index contributed by atoms with van der Waals surface area (Å²) in [6.07, 6.45) is 1.98. The van der Waals surface area contributed by atoms with Crippen LogP contribution in [0.3, 0.4) is 0 Å². The molecule has 0 spiro atoms. The molecule has 0 aromatic heterocycles. The molecule has 6 nitrogen and oxygen atoms in total. The topological polar surface area (TPSA) is 98.7 Å². The second-order valence-electron chi connectivity index (χ2n) is 2.45. The van der Waals surface area contributed by atoms with Crippen LogP contribution in [0.25, 0.3) is 0 Å². The number of rotatable bonds is 6. The van der Waals surface area contributed by atoms with E-state index in [0.29, 0.717) is 13.1 Å². The Labute approximate surface area is 104 Å². The minimum absolute atomic E-state index is 0.538. The van der Waals surface area contributed by atoms with Gasteiger partial charge >= 0.3 is 12.2 Å². The van der Waals surface area contributed by atoms with Gasteiger partial charge in [-0.2, -0.15) is 23.5 Å². The average molecular weight is 270 g/mol. The van der Waals surface area contributed by atoms with E-state index in [-0.39, 0.29) is 0 Å². The van der Waals surface area contributed by atoms with Crippen LogP contribution in [0.1, 0.15) is 0 Å². The third-order valence-electron chi connectivity index (χ3n) is 1.16. The molecule has 0 aliphatic heterocycles. The lowest BCUT2D eigenvalue weighted by Gasteiger charge is -1.94. The van der Waals surface area contributed by atoms with Gasteiger partial charge in [0.05, 0.1) is 0 Å². The van der Waals surface area contributed by atoms with E-state index in [9.17, 15) is 9.59 Å². The summed E-state index contributed by atoms with van der Waals surface area (Å²) in [6.45, 7) is 1.08. The molecular weight excluding hydrogens is 252 g/mol. The summed E-state index contributed by atoms with van der Waals surface area (Å²) >= 11 is 3.24. The van der Waals surface area contributed by atoms with E-state index in [1.165, 1.54) is 0 Å². The van der Waals surface area contributed by atoms with Crippen molar-refractivity contribution in [1.82, 2.24) is 10.6 Å². The molecule has 0 unspecified atom stereocenters. The lowest BCUT2D eigenvalue weighted by atomic mass is 10.7. The molecule has 4 N–H and O–H groups in total. The first-order chi connectivity index (χ1) is 7.54. The molecule has 0 aromatic carbocycles. The van der Waals surface area contributed by atoms with Gasteiger partial charge in [-0.15, -0.1) is 0 Å². The number of carboxylic acid groups (broad SMARTS) is 2. The Morgan fingerprint density at radius 3 is 1.44 bits per heavy atom. The van der Waals surface area contributed by atoms with Gasteiger partial charge in [-0.3, -0.25) is 0 Å². The monoisotopic (exact) mass is 270 g/mol. The fourth-order valence-electron chi connectivity index (χ4n) is 0.520. The second kappa shape index (κ2) is 14.2. The van der Waals surface area contributed by atoms with Crippen LogP contribution in [0.4, 0.5) is 9.59 Å². The number of carbonyl (C=O) groups is 2. The standard InChI is InChI=1S/2C4H9NO2S/c2*1-8-3-2-5-4(6)7/h2*5H,2-3H2,1H3,(H,6,7). The van der Waals surface area contributed by atoms with E-state index in [1.54, 1.807) is 23.5 Å². The number of nitrogens with one attached hydrogen (secondary N) is 2. The zero-order valence-corrected chi connectivity index (χ0v) is 11.0. The highest BCUT2D eigenvalue weighted by Crippen LogP contribution is 1.86. The first-order valence-electron chi connectivity index (χ1n) is 4.46. The summed E-state index contributed by atoms with van der Waals surface area (Å²) in [6, 6.07) is 0. The molecule has 0 rings (SSSR count). The highest BCUT2D eigenvalue weighted by Gasteiger charge is 1.89. The molecule has 0 saturated carbocycles. The lowest BCUT2D eigenvalue weighted by molar-refractivity contribution is 0.194. The van der Waals surface area contributed by atoms with Crippen LogP contribution in [0, 0.1) is 0 Å². The van der Waals surface area contributed by atoms with Crippen LogP contribution in [0.5, 0.6) is 0 Å². The van der Waals surface area contributed by atoms with Gasteiger partial charge in [0, 0.05) is 24.6 Å². The quantitative estimate of drug-likeness (QED) is 0.542. The number of amides is 2. The smallest absolute Gasteiger partial charge is 0.404 e. The number of thioether (sulfide) groups is 2. The SMILES string of the molecule is CSCCNC(=O)O.CSCCNC(=O)O. The highest BCUT2D eigenvalue weighted by molar-refractivity contribution is 7.98. The van der Waals surface area contributed by atoms with E-state index < -0.39 is 12.2 Å². The first kappa shape index (κ1) is 17.6. The molecule has 0 aliphatic rings. The second-order valence-corrected chi connectivity index (χ2v) is 4.42. The molecule has 0 aromatic rings. The van der Waals surface area contributed by atoms with Crippen molar-refractivity contribution in [1.29, 1.82) is 0 Å². The van der Waals surface area contributed by atoms with Gasteiger partial charge in [0.2, 0.25) is 0 Å². The van der Waals surface area contributed by atoms with Crippen molar-refractivity contribution in [2.24, 2.45) is 0 Å².